The zero-order valence-corrected chi connectivity index (χ0v) is 15.7. The van der Waals surface area contributed by atoms with Crippen molar-refractivity contribution in [3.05, 3.63) is 45.3 Å². The van der Waals surface area contributed by atoms with Crippen molar-refractivity contribution < 1.29 is 19.1 Å². The van der Waals surface area contributed by atoms with E-state index in [0.29, 0.717) is 16.2 Å². The Morgan fingerprint density at radius 1 is 1.16 bits per heavy atom. The lowest BCUT2D eigenvalue weighted by Crippen LogP contribution is -2.08. The maximum Gasteiger partial charge on any atom is 0.348 e. The number of nitrogen functional groups attached to an aromatic ring is 1. The minimum Gasteiger partial charge on any atom is -0.465 e. The number of benzene rings is 1. The normalized spacial score (nSPS) is 12.7. The molecule has 1 heterocycles. The van der Waals surface area contributed by atoms with Gasteiger partial charge in [0.25, 0.3) is 0 Å². The van der Waals surface area contributed by atoms with E-state index in [2.05, 4.69) is 18.2 Å². The first-order valence-electron chi connectivity index (χ1n) is 7.87. The Labute approximate surface area is 154 Å². The van der Waals surface area contributed by atoms with Crippen molar-refractivity contribution in [2.75, 3.05) is 20.0 Å². The monoisotopic (exact) mass is 377 g/mol. The van der Waals surface area contributed by atoms with Crippen LogP contribution in [0.1, 0.15) is 43.1 Å². The standard InChI is InChI=1S/C18H19NO4S2/c1-22-17(20)14-13(15(18(21)23-2)25-16(14)19)9-24-12-7-6-10-4-3-5-11(10)8-12/h6-8H,3-5,9,19H2,1-2H3. The summed E-state index contributed by atoms with van der Waals surface area (Å²) in [5, 5.41) is 0.275. The number of thiophene rings is 1. The van der Waals surface area contributed by atoms with Gasteiger partial charge in [-0.1, -0.05) is 6.07 Å². The molecule has 25 heavy (non-hydrogen) atoms. The zero-order valence-electron chi connectivity index (χ0n) is 14.1. The van der Waals surface area contributed by atoms with Crippen molar-refractivity contribution in [2.24, 2.45) is 0 Å². The van der Waals surface area contributed by atoms with Crippen LogP contribution in [0.15, 0.2) is 23.1 Å². The summed E-state index contributed by atoms with van der Waals surface area (Å²) in [6.45, 7) is 0. The Morgan fingerprint density at radius 3 is 2.60 bits per heavy atom. The van der Waals surface area contributed by atoms with Crippen molar-refractivity contribution in [1.29, 1.82) is 0 Å². The van der Waals surface area contributed by atoms with Gasteiger partial charge in [-0.3, -0.25) is 0 Å². The van der Waals surface area contributed by atoms with Crippen LogP contribution < -0.4 is 5.73 Å². The predicted molar refractivity (Wildman–Crippen MR) is 99.4 cm³/mol. The minimum absolute atomic E-state index is 0.265. The van der Waals surface area contributed by atoms with Crippen molar-refractivity contribution in [1.82, 2.24) is 0 Å². The molecule has 7 heteroatoms. The Hall–Kier alpha value is -1.99. The van der Waals surface area contributed by atoms with Crippen molar-refractivity contribution in [2.45, 2.75) is 29.9 Å². The van der Waals surface area contributed by atoms with Crippen LogP contribution in [0.5, 0.6) is 0 Å². The van der Waals surface area contributed by atoms with Gasteiger partial charge in [0.2, 0.25) is 0 Å². The van der Waals surface area contributed by atoms with Gasteiger partial charge >= 0.3 is 11.9 Å². The van der Waals surface area contributed by atoms with Crippen LogP contribution in [0.2, 0.25) is 0 Å². The Bertz CT molecular complexity index is 829. The smallest absolute Gasteiger partial charge is 0.348 e. The van der Waals surface area contributed by atoms with E-state index < -0.39 is 11.9 Å². The molecule has 0 aliphatic heterocycles. The first kappa shape index (κ1) is 17.8. The minimum atomic E-state index is -0.534. The summed E-state index contributed by atoms with van der Waals surface area (Å²) in [4.78, 5) is 25.6. The van der Waals surface area contributed by atoms with Crippen molar-refractivity contribution in [3.63, 3.8) is 0 Å². The van der Waals surface area contributed by atoms with Crippen LogP contribution >= 0.6 is 23.1 Å². The topological polar surface area (TPSA) is 78.6 Å². The largest absolute Gasteiger partial charge is 0.465 e. The molecular formula is C18H19NO4S2. The number of nitrogens with two attached hydrogens (primary N) is 1. The number of ether oxygens (including phenoxy) is 2. The lowest BCUT2D eigenvalue weighted by Gasteiger charge is -2.08. The van der Waals surface area contributed by atoms with Crippen LogP contribution in [0.25, 0.3) is 0 Å². The quantitative estimate of drug-likeness (QED) is 0.632. The second-order valence-corrected chi connectivity index (χ2v) is 7.81. The Balaban J connectivity index is 1.90. The number of thioether (sulfide) groups is 1. The van der Waals surface area contributed by atoms with Gasteiger partial charge in [-0.2, -0.15) is 0 Å². The number of esters is 2. The highest BCUT2D eigenvalue weighted by molar-refractivity contribution is 7.98. The van der Waals surface area contributed by atoms with Gasteiger partial charge in [0.15, 0.2) is 0 Å². The number of hydrogen-bond acceptors (Lipinski definition) is 7. The van der Waals surface area contributed by atoms with Gasteiger partial charge in [0, 0.05) is 16.2 Å². The molecular weight excluding hydrogens is 358 g/mol. The summed E-state index contributed by atoms with van der Waals surface area (Å²) < 4.78 is 9.65. The molecule has 3 rings (SSSR count). The first-order valence-corrected chi connectivity index (χ1v) is 9.67. The molecule has 0 fully saturated rings. The van der Waals surface area contributed by atoms with Crippen LogP contribution in [0.3, 0.4) is 0 Å². The van der Waals surface area contributed by atoms with E-state index in [0.717, 1.165) is 29.1 Å². The van der Waals surface area contributed by atoms with Gasteiger partial charge in [0.05, 0.1) is 19.8 Å². The van der Waals surface area contributed by atoms with E-state index in [1.54, 1.807) is 11.8 Å². The van der Waals surface area contributed by atoms with Crippen molar-refractivity contribution >= 4 is 40.0 Å². The number of carbonyl (C=O) groups is 2. The second kappa shape index (κ2) is 7.49. The Morgan fingerprint density at radius 2 is 1.88 bits per heavy atom. The third-order valence-corrected chi connectivity index (χ3v) is 6.31. The zero-order chi connectivity index (χ0) is 18.0. The number of hydrogen-bond donors (Lipinski definition) is 1. The fraction of sp³-hybridized carbons (Fsp3) is 0.333. The maximum absolute atomic E-state index is 12.1. The van der Waals surface area contributed by atoms with E-state index in [1.165, 1.54) is 31.8 Å². The molecule has 1 aromatic heterocycles. The molecule has 1 aliphatic rings. The third kappa shape index (κ3) is 3.52. The number of methoxy groups -OCH3 is 2. The van der Waals surface area contributed by atoms with Crippen LogP contribution in [0, 0.1) is 0 Å². The molecule has 0 bridgehead atoms. The van der Waals surface area contributed by atoms with Crippen LogP contribution in [-0.4, -0.2) is 26.2 Å². The van der Waals surface area contributed by atoms with Gasteiger partial charge in [-0.15, -0.1) is 23.1 Å². The van der Waals surface area contributed by atoms with E-state index in [9.17, 15) is 9.59 Å². The fourth-order valence-electron chi connectivity index (χ4n) is 3.00. The third-order valence-electron chi connectivity index (χ3n) is 4.25. The number of rotatable bonds is 5. The Kier molecular flexibility index (Phi) is 5.34. The summed E-state index contributed by atoms with van der Waals surface area (Å²) in [7, 11) is 2.61. The molecule has 0 unspecified atom stereocenters. The van der Waals surface area contributed by atoms with Gasteiger partial charge in [-0.25, -0.2) is 9.59 Å². The average molecular weight is 377 g/mol. The second-order valence-electron chi connectivity index (χ2n) is 5.70. The molecule has 0 radical (unpaired) electrons. The van der Waals surface area contributed by atoms with Gasteiger partial charge < -0.3 is 15.2 Å². The first-order chi connectivity index (χ1) is 12.0. The maximum atomic E-state index is 12.1. The van der Waals surface area contributed by atoms with E-state index in [-0.39, 0.29) is 10.6 Å². The molecule has 1 aromatic carbocycles. The van der Waals surface area contributed by atoms with E-state index in [1.807, 2.05) is 0 Å². The van der Waals surface area contributed by atoms with Crippen LogP contribution in [-0.2, 0) is 28.1 Å². The van der Waals surface area contributed by atoms with Crippen molar-refractivity contribution in [3.8, 4) is 0 Å². The molecule has 1 aliphatic carbocycles. The summed E-state index contributed by atoms with van der Waals surface area (Å²) in [6, 6.07) is 6.44. The predicted octanol–water partition coefficient (Wildman–Crippen LogP) is 3.68. The molecule has 132 valence electrons. The highest BCUT2D eigenvalue weighted by Crippen LogP contribution is 2.37. The molecule has 5 nitrogen and oxygen atoms in total. The molecule has 2 N–H and O–H groups in total. The SMILES string of the molecule is COC(=O)c1sc(N)c(C(=O)OC)c1CSc1ccc2c(c1)CCC2. The summed E-state index contributed by atoms with van der Waals surface area (Å²) >= 11 is 2.63. The van der Waals surface area contributed by atoms with Crippen LogP contribution in [0.4, 0.5) is 5.00 Å². The number of aryl methyl sites for hydroxylation is 2. The molecule has 0 amide bonds. The number of carbonyl (C=O) groups excluding carboxylic acids is 2. The summed E-state index contributed by atoms with van der Waals surface area (Å²) in [5.74, 6) is -0.577. The number of fused-ring (bicyclic) bond motifs is 1. The van der Waals surface area contributed by atoms with Gasteiger partial charge in [0.1, 0.15) is 9.88 Å². The highest BCUT2D eigenvalue weighted by atomic mass is 32.2. The molecule has 0 saturated carbocycles. The van der Waals surface area contributed by atoms with E-state index >= 15 is 0 Å². The van der Waals surface area contributed by atoms with E-state index in [4.69, 9.17) is 15.2 Å². The molecule has 0 saturated heterocycles. The highest BCUT2D eigenvalue weighted by Gasteiger charge is 2.27. The summed E-state index contributed by atoms with van der Waals surface area (Å²) in [6.07, 6.45) is 3.44. The number of anilines is 1. The lowest BCUT2D eigenvalue weighted by atomic mass is 10.1. The lowest BCUT2D eigenvalue weighted by molar-refractivity contribution is 0.0601. The molecule has 0 atom stereocenters. The fourth-order valence-corrected chi connectivity index (χ4v) is 5.07. The molecule has 2 aromatic rings. The molecule has 0 spiro atoms. The summed E-state index contributed by atoms with van der Waals surface area (Å²) in [5.41, 5.74) is 9.59. The van der Waals surface area contributed by atoms with Gasteiger partial charge in [-0.05, 0) is 42.5 Å². The average Bonchev–Trinajstić information content (AvgIpc) is 3.22.